The van der Waals surface area contributed by atoms with Gasteiger partial charge in [0.2, 0.25) is 5.95 Å². The number of nitrogens with zero attached hydrogens (tertiary/aromatic N) is 5. The van der Waals surface area contributed by atoms with Gasteiger partial charge in [-0.2, -0.15) is 10.1 Å². The first-order valence-electron chi connectivity index (χ1n) is 9.39. The summed E-state index contributed by atoms with van der Waals surface area (Å²) in [7, 11) is 0. The number of amides is 1. The summed E-state index contributed by atoms with van der Waals surface area (Å²) >= 11 is 0. The van der Waals surface area contributed by atoms with Crippen LogP contribution in [0.4, 0.5) is 16.6 Å². The van der Waals surface area contributed by atoms with Gasteiger partial charge >= 0.3 is 6.09 Å². The van der Waals surface area contributed by atoms with Gasteiger partial charge in [-0.25, -0.2) is 4.79 Å². The van der Waals surface area contributed by atoms with Crippen LogP contribution in [0, 0.1) is 0 Å². The van der Waals surface area contributed by atoms with Crippen molar-refractivity contribution in [3.05, 3.63) is 6.20 Å². The van der Waals surface area contributed by atoms with Crippen molar-refractivity contribution in [1.29, 1.82) is 0 Å². The van der Waals surface area contributed by atoms with Crippen LogP contribution in [0.5, 0.6) is 0 Å². The van der Waals surface area contributed by atoms with Crippen LogP contribution in [0.15, 0.2) is 6.20 Å². The molecule has 3 rings (SSSR count). The second-order valence-electron chi connectivity index (χ2n) is 6.65. The second-order valence-corrected chi connectivity index (χ2v) is 6.65. The number of hydrogen-bond acceptors (Lipinski definition) is 7. The zero-order chi connectivity index (χ0) is 17.5. The molecule has 1 amide bonds. The van der Waals surface area contributed by atoms with Crippen LogP contribution in [-0.4, -0.2) is 65.0 Å². The summed E-state index contributed by atoms with van der Waals surface area (Å²) in [6.45, 7) is 5.66. The van der Waals surface area contributed by atoms with Crippen molar-refractivity contribution in [2.75, 3.05) is 43.0 Å². The molecule has 0 aromatic carbocycles. The van der Waals surface area contributed by atoms with Gasteiger partial charge in [0.1, 0.15) is 0 Å². The molecule has 0 aliphatic carbocycles. The van der Waals surface area contributed by atoms with E-state index in [1.807, 2.05) is 6.92 Å². The Morgan fingerprint density at radius 1 is 1.20 bits per heavy atom. The van der Waals surface area contributed by atoms with Gasteiger partial charge in [0.15, 0.2) is 5.82 Å². The van der Waals surface area contributed by atoms with E-state index in [4.69, 9.17) is 4.74 Å². The van der Waals surface area contributed by atoms with Gasteiger partial charge in [0.25, 0.3) is 0 Å². The SMILES string of the molecule is CCOC(=O)N1CCC(Nc2cnnc(N3CCCCCC3)n2)CC1. The molecule has 2 aliphatic rings. The quantitative estimate of drug-likeness (QED) is 0.893. The number of likely N-dealkylation sites (tertiary alicyclic amines) is 1. The summed E-state index contributed by atoms with van der Waals surface area (Å²) in [4.78, 5) is 20.4. The fourth-order valence-corrected chi connectivity index (χ4v) is 3.40. The normalized spacial score (nSPS) is 19.4. The third-order valence-electron chi connectivity index (χ3n) is 4.81. The molecule has 25 heavy (non-hydrogen) atoms. The monoisotopic (exact) mass is 348 g/mol. The van der Waals surface area contributed by atoms with Crippen LogP contribution in [0.25, 0.3) is 0 Å². The topological polar surface area (TPSA) is 83.5 Å². The zero-order valence-electron chi connectivity index (χ0n) is 15.0. The molecule has 2 saturated heterocycles. The number of rotatable bonds is 4. The number of nitrogens with one attached hydrogen (secondary N) is 1. The highest BCUT2D eigenvalue weighted by Gasteiger charge is 2.24. The Morgan fingerprint density at radius 3 is 2.60 bits per heavy atom. The van der Waals surface area contributed by atoms with Gasteiger partial charge in [-0.3, -0.25) is 0 Å². The van der Waals surface area contributed by atoms with Crippen LogP contribution in [0.3, 0.4) is 0 Å². The number of hydrogen-bond donors (Lipinski definition) is 1. The highest BCUT2D eigenvalue weighted by Crippen LogP contribution is 2.19. The van der Waals surface area contributed by atoms with Crippen molar-refractivity contribution in [1.82, 2.24) is 20.1 Å². The highest BCUT2D eigenvalue weighted by molar-refractivity contribution is 5.67. The zero-order valence-corrected chi connectivity index (χ0v) is 15.0. The molecular weight excluding hydrogens is 320 g/mol. The molecule has 8 nitrogen and oxygen atoms in total. The smallest absolute Gasteiger partial charge is 0.409 e. The van der Waals surface area contributed by atoms with Crippen LogP contribution < -0.4 is 10.2 Å². The molecule has 138 valence electrons. The Kier molecular flexibility index (Phi) is 6.25. The summed E-state index contributed by atoms with van der Waals surface area (Å²) in [5, 5.41) is 11.8. The minimum Gasteiger partial charge on any atom is -0.450 e. The molecule has 3 heterocycles. The number of piperidine rings is 1. The second kappa shape index (κ2) is 8.82. The van der Waals surface area contributed by atoms with E-state index in [-0.39, 0.29) is 6.09 Å². The van der Waals surface area contributed by atoms with Crippen molar-refractivity contribution in [3.63, 3.8) is 0 Å². The van der Waals surface area contributed by atoms with Gasteiger partial charge in [0, 0.05) is 32.2 Å². The Labute approximate surface area is 149 Å². The first-order chi connectivity index (χ1) is 12.3. The molecule has 0 saturated carbocycles. The molecule has 1 aromatic rings. The van der Waals surface area contributed by atoms with Gasteiger partial charge in [-0.1, -0.05) is 12.8 Å². The lowest BCUT2D eigenvalue weighted by Gasteiger charge is -2.31. The highest BCUT2D eigenvalue weighted by atomic mass is 16.6. The lowest BCUT2D eigenvalue weighted by molar-refractivity contribution is 0.0983. The molecule has 0 bridgehead atoms. The lowest BCUT2D eigenvalue weighted by atomic mass is 10.1. The minimum absolute atomic E-state index is 0.215. The number of carbonyl (C=O) groups excluding carboxylic acids is 1. The van der Waals surface area contributed by atoms with Crippen molar-refractivity contribution in [3.8, 4) is 0 Å². The van der Waals surface area contributed by atoms with E-state index in [0.717, 1.165) is 37.7 Å². The number of carbonyl (C=O) groups is 1. The fraction of sp³-hybridized carbons (Fsp3) is 0.765. The summed E-state index contributed by atoms with van der Waals surface area (Å²) in [5.74, 6) is 1.49. The molecule has 0 radical (unpaired) electrons. The van der Waals surface area contributed by atoms with Crippen LogP contribution in [0.2, 0.25) is 0 Å². The maximum absolute atomic E-state index is 11.8. The maximum atomic E-state index is 11.8. The Morgan fingerprint density at radius 2 is 1.92 bits per heavy atom. The van der Waals surface area contributed by atoms with Crippen molar-refractivity contribution in [2.24, 2.45) is 0 Å². The number of ether oxygens (including phenoxy) is 1. The summed E-state index contributed by atoms with van der Waals surface area (Å²) in [6, 6.07) is 0.291. The Balaban J connectivity index is 1.53. The largest absolute Gasteiger partial charge is 0.450 e. The Bertz CT molecular complexity index is 554. The first kappa shape index (κ1) is 17.7. The average Bonchev–Trinajstić information content (AvgIpc) is 2.92. The predicted octanol–water partition coefficient (Wildman–Crippen LogP) is 2.28. The lowest BCUT2D eigenvalue weighted by Crippen LogP contribution is -2.42. The first-order valence-corrected chi connectivity index (χ1v) is 9.39. The fourth-order valence-electron chi connectivity index (χ4n) is 3.40. The summed E-state index contributed by atoms with van der Waals surface area (Å²) in [6.07, 6.45) is 8.15. The molecule has 2 fully saturated rings. The van der Waals surface area contributed by atoms with Crippen molar-refractivity contribution in [2.45, 2.75) is 51.5 Å². The Hall–Kier alpha value is -2.12. The van der Waals surface area contributed by atoms with Crippen LogP contribution >= 0.6 is 0 Å². The number of anilines is 2. The van der Waals surface area contributed by atoms with Crippen LogP contribution in [0.1, 0.15) is 45.4 Å². The van der Waals surface area contributed by atoms with E-state index in [1.165, 1.54) is 25.7 Å². The van der Waals surface area contributed by atoms with E-state index < -0.39 is 0 Å². The minimum atomic E-state index is -0.215. The summed E-state index contributed by atoms with van der Waals surface area (Å²) in [5.41, 5.74) is 0. The van der Waals surface area contributed by atoms with E-state index in [0.29, 0.717) is 25.7 Å². The molecule has 1 N–H and O–H groups in total. The van der Waals surface area contributed by atoms with E-state index in [1.54, 1.807) is 11.1 Å². The summed E-state index contributed by atoms with van der Waals surface area (Å²) < 4.78 is 5.06. The van der Waals surface area contributed by atoms with Gasteiger partial charge in [0.05, 0.1) is 12.8 Å². The van der Waals surface area contributed by atoms with Gasteiger partial charge < -0.3 is 19.9 Å². The van der Waals surface area contributed by atoms with E-state index in [2.05, 4.69) is 25.4 Å². The number of aromatic nitrogens is 3. The molecule has 0 unspecified atom stereocenters. The molecule has 0 spiro atoms. The van der Waals surface area contributed by atoms with Crippen molar-refractivity contribution < 1.29 is 9.53 Å². The molecule has 8 heteroatoms. The molecule has 0 atom stereocenters. The molecule has 1 aromatic heterocycles. The van der Waals surface area contributed by atoms with Crippen LogP contribution in [-0.2, 0) is 4.74 Å². The average molecular weight is 348 g/mol. The molecule has 2 aliphatic heterocycles. The van der Waals surface area contributed by atoms with E-state index >= 15 is 0 Å². The van der Waals surface area contributed by atoms with Gasteiger partial charge in [-0.15, -0.1) is 5.10 Å². The maximum Gasteiger partial charge on any atom is 0.409 e. The standard InChI is InChI=1S/C17H28N6O2/c1-2-25-17(24)23-11-7-14(8-12-23)19-15-13-18-21-16(20-15)22-9-5-3-4-6-10-22/h13-14H,2-12H2,1H3,(H,19,20,21). The van der Waals surface area contributed by atoms with Crippen molar-refractivity contribution >= 4 is 17.9 Å². The third kappa shape index (κ3) is 4.93. The van der Waals surface area contributed by atoms with E-state index in [9.17, 15) is 4.79 Å². The van der Waals surface area contributed by atoms with Gasteiger partial charge in [-0.05, 0) is 32.6 Å². The molecular formula is C17H28N6O2. The third-order valence-corrected chi connectivity index (χ3v) is 4.81. The predicted molar refractivity (Wildman–Crippen MR) is 95.7 cm³/mol.